The minimum atomic E-state index is -0.403. The summed E-state index contributed by atoms with van der Waals surface area (Å²) in [4.78, 5) is 23.5. The second-order valence-corrected chi connectivity index (χ2v) is 7.18. The number of carbonyl (C=O) groups excluding carboxylic acids is 2. The van der Waals surface area contributed by atoms with Crippen molar-refractivity contribution in [3.05, 3.63) is 77.1 Å². The zero-order chi connectivity index (χ0) is 20.6. The van der Waals surface area contributed by atoms with Crippen LogP contribution in [0.15, 0.2) is 59.8 Å². The molecule has 1 heterocycles. The smallest absolute Gasteiger partial charge is 0.337 e. The molecule has 1 aromatic heterocycles. The van der Waals surface area contributed by atoms with E-state index in [2.05, 4.69) is 14.9 Å². The molecule has 3 aromatic rings. The van der Waals surface area contributed by atoms with Crippen molar-refractivity contribution in [2.45, 2.75) is 25.2 Å². The number of carbonyl (C=O) groups is 2. The Bertz CT molecular complexity index is 971. The van der Waals surface area contributed by atoms with E-state index >= 15 is 0 Å². The van der Waals surface area contributed by atoms with E-state index in [1.807, 2.05) is 41.8 Å². The monoisotopic (exact) mass is 411 g/mol. The second-order valence-electron chi connectivity index (χ2n) is 6.24. The molecule has 0 aliphatic rings. The van der Waals surface area contributed by atoms with Gasteiger partial charge in [-0.25, -0.2) is 4.79 Å². The predicted molar refractivity (Wildman–Crippen MR) is 109 cm³/mol. The highest BCUT2D eigenvalue weighted by atomic mass is 32.2. The van der Waals surface area contributed by atoms with Crippen LogP contribution in [0.4, 0.5) is 0 Å². The van der Waals surface area contributed by atoms with Crippen LogP contribution < -0.4 is 0 Å². The van der Waals surface area contributed by atoms with Gasteiger partial charge >= 0.3 is 11.9 Å². The average molecular weight is 411 g/mol. The lowest BCUT2D eigenvalue weighted by Crippen LogP contribution is -2.09. The highest BCUT2D eigenvalue weighted by Gasteiger charge is 2.13. The van der Waals surface area contributed by atoms with E-state index in [9.17, 15) is 9.59 Å². The second kappa shape index (κ2) is 9.88. The van der Waals surface area contributed by atoms with Gasteiger partial charge in [0.15, 0.2) is 5.16 Å². The Hall–Kier alpha value is -3.13. The van der Waals surface area contributed by atoms with E-state index in [4.69, 9.17) is 4.74 Å². The van der Waals surface area contributed by atoms with Gasteiger partial charge in [0.1, 0.15) is 12.4 Å². The van der Waals surface area contributed by atoms with Gasteiger partial charge in [0.2, 0.25) is 0 Å². The molecule has 0 aliphatic carbocycles. The van der Waals surface area contributed by atoms with Crippen LogP contribution in [0.2, 0.25) is 0 Å². The summed E-state index contributed by atoms with van der Waals surface area (Å²) in [6, 6.07) is 16.7. The minimum absolute atomic E-state index is 0.132. The normalized spacial score (nSPS) is 10.6. The van der Waals surface area contributed by atoms with Crippen LogP contribution in [0, 0.1) is 6.92 Å². The molecule has 0 fully saturated rings. The number of thioether (sulfide) groups is 1. The highest BCUT2D eigenvalue weighted by Crippen LogP contribution is 2.19. The van der Waals surface area contributed by atoms with Crippen molar-refractivity contribution in [1.82, 2.24) is 14.8 Å². The molecule has 0 saturated carbocycles. The number of esters is 2. The van der Waals surface area contributed by atoms with Crippen LogP contribution in [0.5, 0.6) is 0 Å². The van der Waals surface area contributed by atoms with Crippen molar-refractivity contribution in [3.63, 3.8) is 0 Å². The maximum absolute atomic E-state index is 12.1. The molecule has 0 radical (unpaired) electrons. The third-order valence-corrected chi connectivity index (χ3v) is 5.12. The summed E-state index contributed by atoms with van der Waals surface area (Å²) in [5.74, 6) is 0.168. The molecular weight excluding hydrogens is 390 g/mol. The van der Waals surface area contributed by atoms with Gasteiger partial charge in [0, 0.05) is 0 Å². The van der Waals surface area contributed by atoms with E-state index in [-0.39, 0.29) is 18.3 Å². The van der Waals surface area contributed by atoms with Gasteiger partial charge in [-0.3, -0.25) is 4.79 Å². The molecule has 3 rings (SSSR count). The van der Waals surface area contributed by atoms with Crippen molar-refractivity contribution in [1.29, 1.82) is 0 Å². The molecule has 0 N–H and O–H groups in total. The van der Waals surface area contributed by atoms with Gasteiger partial charge in [-0.15, -0.1) is 10.2 Å². The molecular formula is C21H21N3O4S. The number of methoxy groups -OCH3 is 1. The quantitative estimate of drug-likeness (QED) is 0.416. The van der Waals surface area contributed by atoms with Crippen LogP contribution in [-0.4, -0.2) is 39.6 Å². The number of aryl methyl sites for hydroxylation is 1. The van der Waals surface area contributed by atoms with Crippen LogP contribution in [0.3, 0.4) is 0 Å². The molecule has 0 amide bonds. The van der Waals surface area contributed by atoms with E-state index in [0.29, 0.717) is 17.3 Å². The largest absolute Gasteiger partial charge is 0.465 e. The number of nitrogens with zero attached hydrogens (tertiary/aromatic N) is 3. The fourth-order valence-corrected chi connectivity index (χ4v) is 3.38. The molecule has 0 aliphatic heterocycles. The Kier molecular flexibility index (Phi) is 7.02. The first-order chi connectivity index (χ1) is 14.1. The first-order valence-corrected chi connectivity index (χ1v) is 9.95. The molecule has 0 bridgehead atoms. The number of hydrogen-bond acceptors (Lipinski definition) is 7. The highest BCUT2D eigenvalue weighted by molar-refractivity contribution is 7.99. The van der Waals surface area contributed by atoms with Crippen molar-refractivity contribution in [3.8, 4) is 0 Å². The van der Waals surface area contributed by atoms with Crippen LogP contribution in [-0.2, 0) is 27.4 Å². The van der Waals surface area contributed by atoms with Crippen LogP contribution in [0.25, 0.3) is 0 Å². The predicted octanol–water partition coefficient (Wildman–Crippen LogP) is 3.26. The summed E-state index contributed by atoms with van der Waals surface area (Å²) in [5.41, 5.74) is 2.38. The first-order valence-electron chi connectivity index (χ1n) is 8.96. The third-order valence-electron chi connectivity index (χ3n) is 4.18. The summed E-state index contributed by atoms with van der Waals surface area (Å²) < 4.78 is 11.9. The summed E-state index contributed by atoms with van der Waals surface area (Å²) in [7, 11) is 1.33. The van der Waals surface area contributed by atoms with E-state index in [1.54, 1.807) is 24.3 Å². The SMILES string of the molecule is COC(=O)c1ccc(COC(=O)CSc2nnc(C)n2Cc2ccccc2)cc1. The van der Waals surface area contributed by atoms with E-state index < -0.39 is 5.97 Å². The van der Waals surface area contributed by atoms with Crippen molar-refractivity contribution >= 4 is 23.7 Å². The van der Waals surface area contributed by atoms with Crippen LogP contribution in [0.1, 0.15) is 27.3 Å². The molecule has 7 nitrogen and oxygen atoms in total. The molecule has 29 heavy (non-hydrogen) atoms. The molecule has 0 atom stereocenters. The molecule has 0 spiro atoms. The van der Waals surface area contributed by atoms with Gasteiger partial charge in [0.25, 0.3) is 0 Å². The maximum atomic E-state index is 12.1. The topological polar surface area (TPSA) is 83.3 Å². The zero-order valence-electron chi connectivity index (χ0n) is 16.2. The first kappa shape index (κ1) is 20.6. The zero-order valence-corrected chi connectivity index (χ0v) is 17.0. The van der Waals surface area contributed by atoms with Crippen molar-refractivity contribution in [2.24, 2.45) is 0 Å². The molecule has 0 unspecified atom stereocenters. The summed E-state index contributed by atoms with van der Waals surface area (Å²) in [6.07, 6.45) is 0. The number of rotatable bonds is 8. The summed E-state index contributed by atoms with van der Waals surface area (Å²) in [6.45, 7) is 2.66. The van der Waals surface area contributed by atoms with Gasteiger partial charge < -0.3 is 14.0 Å². The van der Waals surface area contributed by atoms with Crippen molar-refractivity contribution < 1.29 is 19.1 Å². The fraction of sp³-hybridized carbons (Fsp3) is 0.238. The van der Waals surface area contributed by atoms with Crippen LogP contribution >= 0.6 is 11.8 Å². The Morgan fingerprint density at radius 1 is 1.00 bits per heavy atom. The molecule has 150 valence electrons. The number of ether oxygens (including phenoxy) is 2. The van der Waals surface area contributed by atoms with E-state index in [1.165, 1.54) is 18.9 Å². The Morgan fingerprint density at radius 2 is 1.72 bits per heavy atom. The molecule has 0 saturated heterocycles. The standard InChI is InChI=1S/C21H21N3O4S/c1-15-22-23-21(24(15)12-16-6-4-3-5-7-16)29-14-19(25)28-13-17-8-10-18(11-9-17)20(26)27-2/h3-11H,12-14H2,1-2H3. The summed E-state index contributed by atoms with van der Waals surface area (Å²) >= 11 is 1.29. The molecule has 8 heteroatoms. The molecule has 2 aromatic carbocycles. The van der Waals surface area contributed by atoms with Gasteiger partial charge in [-0.1, -0.05) is 54.2 Å². The van der Waals surface area contributed by atoms with Gasteiger partial charge in [0.05, 0.1) is 25.0 Å². The lowest BCUT2D eigenvalue weighted by Gasteiger charge is -2.09. The van der Waals surface area contributed by atoms with Gasteiger partial charge in [-0.05, 0) is 30.2 Å². The number of hydrogen-bond donors (Lipinski definition) is 0. The van der Waals surface area contributed by atoms with E-state index in [0.717, 1.165) is 17.0 Å². The van der Waals surface area contributed by atoms with Gasteiger partial charge in [-0.2, -0.15) is 0 Å². The summed E-state index contributed by atoms with van der Waals surface area (Å²) in [5, 5.41) is 8.95. The Labute approximate surface area is 173 Å². The maximum Gasteiger partial charge on any atom is 0.337 e. The minimum Gasteiger partial charge on any atom is -0.465 e. The third kappa shape index (κ3) is 5.68. The average Bonchev–Trinajstić information content (AvgIpc) is 3.10. The number of benzene rings is 2. The fourth-order valence-electron chi connectivity index (χ4n) is 2.60. The lowest BCUT2D eigenvalue weighted by molar-refractivity contribution is -0.141. The lowest BCUT2D eigenvalue weighted by atomic mass is 10.1. The van der Waals surface area contributed by atoms with Crippen molar-refractivity contribution in [2.75, 3.05) is 12.9 Å². The number of aromatic nitrogens is 3. The Balaban J connectivity index is 1.51. The Morgan fingerprint density at radius 3 is 2.41 bits per heavy atom.